The van der Waals surface area contributed by atoms with Gasteiger partial charge in [0.15, 0.2) is 0 Å². The molecule has 0 amide bonds. The van der Waals surface area contributed by atoms with E-state index in [2.05, 4.69) is 380 Å². The van der Waals surface area contributed by atoms with E-state index in [-0.39, 0.29) is 16.2 Å². The molecule has 0 fully saturated rings. The Bertz CT molecular complexity index is 5310. The smallest absolute Gasteiger partial charge is 0.134 e. The van der Waals surface area contributed by atoms with Crippen molar-refractivity contribution >= 4 is 56.8 Å². The molecule has 2 unspecified atom stereocenters. The molecule has 0 saturated heterocycles. The number of allylic oxidation sites excluding steroid dienone is 4. The molecule has 12 aromatic rings. The highest BCUT2D eigenvalue weighted by Gasteiger charge is 2.65. The van der Waals surface area contributed by atoms with Crippen molar-refractivity contribution in [2.24, 2.45) is 5.73 Å². The molecule has 100 heavy (non-hydrogen) atoms. The lowest BCUT2D eigenvalue weighted by atomic mass is 9.58. The summed E-state index contributed by atoms with van der Waals surface area (Å²) in [7, 11) is 0. The maximum Gasteiger partial charge on any atom is 0.134 e. The Hall–Kier alpha value is -11.3. The van der Waals surface area contributed by atoms with E-state index >= 15 is 0 Å². The number of hydrogen-bond acceptors (Lipinski definition) is 6. The van der Waals surface area contributed by atoms with Crippen molar-refractivity contribution in [2.75, 3.05) is 19.6 Å². The minimum absolute atomic E-state index is 0.0467. The number of nitrogens with two attached hydrogens (primary N) is 1. The van der Waals surface area contributed by atoms with Gasteiger partial charge in [-0.05, 0) is 168 Å². The molecule has 0 bridgehead atoms. The van der Waals surface area contributed by atoms with Crippen LogP contribution in [0.3, 0.4) is 0 Å². The molecule has 6 nitrogen and oxygen atoms in total. The van der Waals surface area contributed by atoms with Crippen molar-refractivity contribution in [2.45, 2.75) is 102 Å². The van der Waals surface area contributed by atoms with Crippen LogP contribution in [0.25, 0.3) is 39.0 Å². The van der Waals surface area contributed by atoms with Gasteiger partial charge in [0.1, 0.15) is 23.5 Å². The molecule has 0 saturated carbocycles. The molecule has 18 rings (SSSR count). The lowest BCUT2D eigenvalue weighted by Gasteiger charge is -2.53. The summed E-state index contributed by atoms with van der Waals surface area (Å²) >= 11 is 0. The highest BCUT2D eigenvalue weighted by molar-refractivity contribution is 6.05. The first kappa shape index (κ1) is 61.0. The normalized spacial score (nSPS) is 18.9. The van der Waals surface area contributed by atoms with E-state index in [1.165, 1.54) is 33.4 Å². The minimum atomic E-state index is -1.05. The van der Waals surface area contributed by atoms with Crippen LogP contribution in [0.15, 0.2) is 303 Å². The van der Waals surface area contributed by atoms with Crippen LogP contribution in [0.4, 0.5) is 51.2 Å². The summed E-state index contributed by atoms with van der Waals surface area (Å²) in [6.07, 6.45) is 6.77. The van der Waals surface area contributed by atoms with Gasteiger partial charge in [-0.15, -0.1) is 0 Å². The Labute approximate surface area is 588 Å². The summed E-state index contributed by atoms with van der Waals surface area (Å²) in [6, 6.07) is 102. The van der Waals surface area contributed by atoms with Crippen LogP contribution in [0.2, 0.25) is 0 Å². The highest BCUT2D eigenvalue weighted by Crippen LogP contribution is 2.72. The summed E-state index contributed by atoms with van der Waals surface area (Å²) in [5, 5.41) is 0. The molecule has 0 aromatic heterocycles. The third-order valence-corrected chi connectivity index (χ3v) is 22.2. The Morgan fingerprint density at radius 3 is 1.38 bits per heavy atom. The quantitative estimate of drug-likeness (QED) is 0.179. The second-order valence-electron chi connectivity index (χ2n) is 31.1. The van der Waals surface area contributed by atoms with Crippen LogP contribution in [-0.4, -0.2) is 6.17 Å². The zero-order valence-electron chi connectivity index (χ0n) is 58.6. The molecule has 6 aliphatic heterocycles. The van der Waals surface area contributed by atoms with Crippen LogP contribution >= 0.6 is 0 Å². The van der Waals surface area contributed by atoms with Gasteiger partial charge in [0.05, 0.1) is 56.3 Å². The van der Waals surface area contributed by atoms with E-state index in [4.69, 9.17) is 10.5 Å². The molecular formula is C94H81N5O. The molecule has 6 heterocycles. The maximum atomic E-state index is 8.26. The zero-order valence-corrected chi connectivity index (χ0v) is 58.6. The fraction of sp³-hybridized carbons (Fsp3) is 0.170. The van der Waals surface area contributed by atoms with Gasteiger partial charge in [-0.25, -0.2) is 0 Å². The van der Waals surface area contributed by atoms with Gasteiger partial charge in [0.25, 0.3) is 0 Å². The second-order valence-corrected chi connectivity index (χ2v) is 31.1. The molecular weight excluding hydrogens is 1220 g/mol. The molecule has 0 radical (unpaired) electrons. The van der Waals surface area contributed by atoms with Crippen LogP contribution in [0.5, 0.6) is 11.5 Å². The molecule has 6 heteroatoms. The van der Waals surface area contributed by atoms with Crippen LogP contribution in [-0.2, 0) is 27.1 Å². The Morgan fingerprint density at radius 2 is 0.830 bits per heavy atom. The maximum absolute atomic E-state index is 8.26. The first-order valence-electron chi connectivity index (χ1n) is 35.4. The standard InChI is InChI=1S/C94H81N5O/c1-59-55-84(95)98-78-38-22-19-35-74(78)94(72-33-17-20-36-76(72)96(77-37-21-18-34-73(77)94)68-57-66(91(5,6)7)56-67(58-68)92(8,9)10)75-51-52-83-86(88(75)98)93(54-53-69(59)64-45-43-60(44-46-64)61-47-49-65(50-48-61)90(2,3)4)85-81(41-26-42-82(85)100-83)97-79-39-23-24-40-80(79)99(89(93)97)87-70(62-27-13-11-14-28-62)31-25-32-71(87)63-29-15-12-16-30-63/h11-58,89H,95H2,1-10H3/b54-53+,69-59-,84-55+. The summed E-state index contributed by atoms with van der Waals surface area (Å²) in [6.45, 7) is 23.1. The highest BCUT2D eigenvalue weighted by atomic mass is 16.5. The summed E-state index contributed by atoms with van der Waals surface area (Å²) < 4.78 is 7.75. The van der Waals surface area contributed by atoms with E-state index in [0.29, 0.717) is 5.82 Å². The van der Waals surface area contributed by atoms with Gasteiger partial charge in [-0.1, -0.05) is 287 Å². The first-order chi connectivity index (χ1) is 48.3. The van der Waals surface area contributed by atoms with Crippen LogP contribution < -0.4 is 30.1 Å². The first-order valence-corrected chi connectivity index (χ1v) is 35.4. The van der Waals surface area contributed by atoms with E-state index in [0.717, 1.165) is 129 Å². The molecule has 488 valence electrons. The van der Waals surface area contributed by atoms with Gasteiger partial charge < -0.3 is 25.2 Å². The van der Waals surface area contributed by atoms with E-state index in [1.807, 2.05) is 0 Å². The van der Waals surface area contributed by atoms with E-state index in [1.54, 1.807) is 0 Å². The van der Waals surface area contributed by atoms with Gasteiger partial charge in [0.2, 0.25) is 0 Å². The Morgan fingerprint density at radius 1 is 0.370 bits per heavy atom. The third-order valence-electron chi connectivity index (χ3n) is 22.2. The average Bonchev–Trinajstić information content (AvgIpc) is 1.30. The Balaban J connectivity index is 0.971. The summed E-state index contributed by atoms with van der Waals surface area (Å²) in [4.78, 5) is 10.3. The van der Waals surface area contributed by atoms with Crippen LogP contribution in [0, 0.1) is 0 Å². The minimum Gasteiger partial charge on any atom is -0.457 e. The largest absolute Gasteiger partial charge is 0.457 e. The van der Waals surface area contributed by atoms with Gasteiger partial charge in [-0.3, -0.25) is 4.90 Å². The van der Waals surface area contributed by atoms with Crippen molar-refractivity contribution in [3.05, 3.63) is 358 Å². The molecule has 12 aromatic carbocycles. The van der Waals surface area contributed by atoms with Crippen LogP contribution in [0.1, 0.15) is 125 Å². The monoisotopic (exact) mass is 1300 g/mol. The molecule has 6 aliphatic rings. The number of nitrogens with zero attached hydrogens (tertiary/aromatic N) is 4. The van der Waals surface area contributed by atoms with Crippen molar-refractivity contribution in [3.8, 4) is 44.9 Å². The number of para-hydroxylation sites is 6. The molecule has 2 N–H and O–H groups in total. The fourth-order valence-electron chi connectivity index (χ4n) is 17.5. The average molecular weight is 1300 g/mol. The summed E-state index contributed by atoms with van der Waals surface area (Å²) in [5.41, 5.74) is 36.6. The predicted molar refractivity (Wildman–Crippen MR) is 416 cm³/mol. The molecule has 2 atom stereocenters. The zero-order chi connectivity index (χ0) is 68.4. The number of fused-ring (bicyclic) bond motifs is 12. The van der Waals surface area contributed by atoms with E-state index in [9.17, 15) is 0 Å². The number of ether oxygens (including phenoxy) is 1. The lowest BCUT2D eigenvalue weighted by molar-refractivity contribution is 0.409. The predicted octanol–water partition coefficient (Wildman–Crippen LogP) is 24.1. The fourth-order valence-corrected chi connectivity index (χ4v) is 17.5. The third kappa shape index (κ3) is 8.88. The van der Waals surface area contributed by atoms with Crippen molar-refractivity contribution in [3.63, 3.8) is 0 Å². The number of rotatable bonds is 6. The topological polar surface area (TPSA) is 48.2 Å². The van der Waals surface area contributed by atoms with Crippen molar-refractivity contribution in [1.82, 2.24) is 0 Å². The van der Waals surface area contributed by atoms with Gasteiger partial charge >= 0.3 is 0 Å². The molecule has 0 aliphatic carbocycles. The number of anilines is 9. The second kappa shape index (κ2) is 22.1. The number of benzene rings is 12. The van der Waals surface area contributed by atoms with E-state index < -0.39 is 17.0 Å². The van der Waals surface area contributed by atoms with Gasteiger partial charge in [0, 0.05) is 27.9 Å². The molecule has 2 spiro atoms. The van der Waals surface area contributed by atoms with Crippen molar-refractivity contribution in [1.29, 1.82) is 0 Å². The SMILES string of the molecule is CC1=C(c2ccc(-c3ccc(C(C)(C)C)cc3)cc2)\C=C\C23c4c(cccc4N4c5ccccc5N(c5c(-c6ccccc6)cccc5-c5ccccc5)C42)Oc2ccc4c(c23)N(\C(N)=C\1)c1ccccc1C41c2ccccc2N(c2cc(C(C)(C)C)cc(C(C)(C)C)c2)c2ccccc21. The lowest BCUT2D eigenvalue weighted by Crippen LogP contribution is -2.52. The van der Waals surface area contributed by atoms with Crippen molar-refractivity contribution < 1.29 is 4.74 Å². The van der Waals surface area contributed by atoms with Gasteiger partial charge in [-0.2, -0.15) is 0 Å². The number of hydrogen-bond donors (Lipinski definition) is 1. The summed E-state index contributed by atoms with van der Waals surface area (Å²) in [5.74, 6) is 2.19. The Kier molecular flexibility index (Phi) is 13.5.